The van der Waals surface area contributed by atoms with Crippen LogP contribution < -0.4 is 15.2 Å². The van der Waals surface area contributed by atoms with Crippen LogP contribution in [0.1, 0.15) is 0 Å². The molecule has 0 saturated heterocycles. The number of H-pyrrole nitrogens is 1. The van der Waals surface area contributed by atoms with Crippen LogP contribution in [0.2, 0.25) is 0 Å². The Balaban J connectivity index is 2.78. The zero-order chi connectivity index (χ0) is 13.3. The second-order valence-electron chi connectivity index (χ2n) is 3.48. The lowest BCUT2D eigenvalue weighted by Gasteiger charge is -2.14. The van der Waals surface area contributed by atoms with Crippen molar-refractivity contribution in [2.75, 3.05) is 20.0 Å². The van der Waals surface area contributed by atoms with Crippen molar-refractivity contribution >= 4 is 21.7 Å². The van der Waals surface area contributed by atoms with Crippen LogP contribution in [-0.2, 0) is 0 Å². The smallest absolute Gasteiger partial charge is 0.175 e. The van der Waals surface area contributed by atoms with Gasteiger partial charge in [0.15, 0.2) is 11.5 Å². The van der Waals surface area contributed by atoms with Gasteiger partial charge < -0.3 is 15.2 Å². The zero-order valence-electron chi connectivity index (χ0n) is 9.75. The maximum Gasteiger partial charge on any atom is 0.175 e. The molecule has 0 spiro atoms. The van der Waals surface area contributed by atoms with Crippen LogP contribution in [0.3, 0.4) is 0 Å². The lowest BCUT2D eigenvalue weighted by molar-refractivity contribution is 0.352. The van der Waals surface area contributed by atoms with Gasteiger partial charge in [0.2, 0.25) is 0 Å². The summed E-state index contributed by atoms with van der Waals surface area (Å²) in [6.07, 6.45) is 1.43. The second-order valence-corrected chi connectivity index (χ2v) is 4.33. The van der Waals surface area contributed by atoms with Crippen LogP contribution >= 0.6 is 15.9 Å². The number of nitrogen functional groups attached to an aromatic ring is 1. The van der Waals surface area contributed by atoms with Crippen LogP contribution in [0, 0.1) is 5.82 Å². The lowest BCUT2D eigenvalue weighted by atomic mass is 10.1. The van der Waals surface area contributed by atoms with E-state index in [1.807, 2.05) is 0 Å². The fourth-order valence-corrected chi connectivity index (χ4v) is 2.25. The molecule has 0 bridgehead atoms. The number of benzene rings is 1. The van der Waals surface area contributed by atoms with E-state index < -0.39 is 5.82 Å². The molecule has 0 aliphatic carbocycles. The summed E-state index contributed by atoms with van der Waals surface area (Å²) < 4.78 is 25.0. The predicted octanol–water partition coefficient (Wildman–Crippen LogP) is 2.58. The largest absolute Gasteiger partial charge is 0.492 e. The van der Waals surface area contributed by atoms with Crippen molar-refractivity contribution in [1.29, 1.82) is 0 Å². The highest BCUT2D eigenvalue weighted by molar-refractivity contribution is 9.10. The van der Waals surface area contributed by atoms with Crippen molar-refractivity contribution in [3.8, 4) is 22.6 Å². The Kier molecular flexibility index (Phi) is 3.42. The highest BCUT2D eigenvalue weighted by Crippen LogP contribution is 2.45. The molecular weight excluding hydrogens is 305 g/mol. The third-order valence-electron chi connectivity index (χ3n) is 2.49. The van der Waals surface area contributed by atoms with Gasteiger partial charge in [0.25, 0.3) is 0 Å². The molecule has 0 saturated carbocycles. The Bertz CT molecular complexity index is 586. The maximum absolute atomic E-state index is 14.1. The van der Waals surface area contributed by atoms with Crippen LogP contribution in [0.5, 0.6) is 11.5 Å². The van der Waals surface area contributed by atoms with Crippen molar-refractivity contribution < 1.29 is 13.9 Å². The Morgan fingerprint density at radius 3 is 2.50 bits per heavy atom. The number of anilines is 1. The molecule has 2 rings (SSSR count). The molecule has 3 N–H and O–H groups in total. The SMILES string of the molecule is COc1c(Br)cc(F)c(-c2cn[nH]c2N)c1OC. The van der Waals surface area contributed by atoms with Crippen molar-refractivity contribution in [3.05, 3.63) is 22.6 Å². The van der Waals surface area contributed by atoms with Gasteiger partial charge in [-0.05, 0) is 22.0 Å². The molecule has 0 fully saturated rings. The number of hydrogen-bond donors (Lipinski definition) is 2. The summed E-state index contributed by atoms with van der Waals surface area (Å²) in [6, 6.07) is 1.29. The molecule has 1 heterocycles. The molecule has 0 atom stereocenters. The molecule has 5 nitrogen and oxygen atoms in total. The zero-order valence-corrected chi connectivity index (χ0v) is 11.3. The monoisotopic (exact) mass is 315 g/mol. The molecule has 0 radical (unpaired) electrons. The van der Waals surface area contributed by atoms with Gasteiger partial charge in [-0.2, -0.15) is 5.10 Å². The van der Waals surface area contributed by atoms with Gasteiger partial charge in [0, 0.05) is 0 Å². The minimum Gasteiger partial charge on any atom is -0.492 e. The number of aromatic amines is 1. The van der Waals surface area contributed by atoms with Gasteiger partial charge in [0.1, 0.15) is 11.6 Å². The van der Waals surface area contributed by atoms with Gasteiger partial charge >= 0.3 is 0 Å². The van der Waals surface area contributed by atoms with Gasteiger partial charge in [-0.25, -0.2) is 4.39 Å². The Morgan fingerprint density at radius 1 is 1.33 bits per heavy atom. The number of rotatable bonds is 3. The highest BCUT2D eigenvalue weighted by Gasteiger charge is 2.22. The van der Waals surface area contributed by atoms with E-state index in [2.05, 4.69) is 26.1 Å². The van der Waals surface area contributed by atoms with Crippen molar-refractivity contribution in [1.82, 2.24) is 10.2 Å². The first-order valence-electron chi connectivity index (χ1n) is 4.99. The van der Waals surface area contributed by atoms with Crippen molar-refractivity contribution in [2.24, 2.45) is 0 Å². The number of aromatic nitrogens is 2. The third kappa shape index (κ3) is 1.90. The molecule has 0 amide bonds. The summed E-state index contributed by atoms with van der Waals surface area (Å²) in [5.74, 6) is 0.441. The summed E-state index contributed by atoms with van der Waals surface area (Å²) >= 11 is 3.22. The van der Waals surface area contributed by atoms with Crippen LogP contribution in [0.25, 0.3) is 11.1 Å². The van der Waals surface area contributed by atoms with E-state index in [1.165, 1.54) is 26.5 Å². The summed E-state index contributed by atoms with van der Waals surface area (Å²) in [5, 5.41) is 6.32. The van der Waals surface area contributed by atoms with Gasteiger partial charge in [-0.3, -0.25) is 5.10 Å². The average Bonchev–Trinajstić information content (AvgIpc) is 2.74. The second kappa shape index (κ2) is 4.85. The standard InChI is InChI=1S/C11H11BrFN3O2/c1-17-9-6(12)3-7(13)8(10(9)18-2)5-4-15-16-11(5)14/h3-4H,1-2H3,(H3,14,15,16). The van der Waals surface area contributed by atoms with E-state index in [1.54, 1.807) is 0 Å². The van der Waals surface area contributed by atoms with Gasteiger partial charge in [-0.1, -0.05) is 0 Å². The molecule has 0 aliphatic heterocycles. The molecular formula is C11H11BrFN3O2. The summed E-state index contributed by atoms with van der Waals surface area (Å²) in [5.41, 5.74) is 6.34. The number of hydrogen-bond acceptors (Lipinski definition) is 4. The first kappa shape index (κ1) is 12.7. The predicted molar refractivity (Wildman–Crippen MR) is 69.2 cm³/mol. The van der Waals surface area contributed by atoms with Crippen molar-refractivity contribution in [2.45, 2.75) is 0 Å². The minimum atomic E-state index is -0.479. The molecule has 1 aromatic heterocycles. The number of halogens is 2. The minimum absolute atomic E-state index is 0.212. The Morgan fingerprint density at radius 2 is 2.00 bits per heavy atom. The van der Waals surface area contributed by atoms with Gasteiger partial charge in [0.05, 0.1) is 36.0 Å². The van der Waals surface area contributed by atoms with E-state index in [9.17, 15) is 4.39 Å². The Hall–Kier alpha value is -1.76. The number of nitrogens with zero attached hydrogens (tertiary/aromatic N) is 1. The fraction of sp³-hybridized carbons (Fsp3) is 0.182. The molecule has 1 aromatic carbocycles. The van der Waals surface area contributed by atoms with Gasteiger partial charge in [-0.15, -0.1) is 0 Å². The number of nitrogens with two attached hydrogens (primary N) is 1. The first-order valence-corrected chi connectivity index (χ1v) is 5.78. The van der Waals surface area contributed by atoms with E-state index >= 15 is 0 Å². The topological polar surface area (TPSA) is 73.2 Å². The maximum atomic E-state index is 14.1. The van der Waals surface area contributed by atoms with E-state index in [4.69, 9.17) is 15.2 Å². The summed E-state index contributed by atoms with van der Waals surface area (Å²) in [4.78, 5) is 0. The van der Waals surface area contributed by atoms with Crippen LogP contribution in [0.4, 0.5) is 10.2 Å². The number of methoxy groups -OCH3 is 2. The molecule has 96 valence electrons. The number of nitrogens with one attached hydrogen (secondary N) is 1. The van der Waals surface area contributed by atoms with Crippen molar-refractivity contribution in [3.63, 3.8) is 0 Å². The summed E-state index contributed by atoms with van der Waals surface area (Å²) in [7, 11) is 2.91. The molecule has 0 unspecified atom stereocenters. The highest BCUT2D eigenvalue weighted by atomic mass is 79.9. The third-order valence-corrected chi connectivity index (χ3v) is 3.08. The molecule has 0 aliphatic rings. The number of ether oxygens (including phenoxy) is 2. The van der Waals surface area contributed by atoms with Crippen LogP contribution in [-0.4, -0.2) is 24.4 Å². The Labute approximate surface area is 111 Å². The average molecular weight is 316 g/mol. The molecule has 18 heavy (non-hydrogen) atoms. The van der Waals surface area contributed by atoms with E-state index in [0.717, 1.165) is 0 Å². The van der Waals surface area contributed by atoms with E-state index in [-0.39, 0.29) is 17.1 Å². The summed E-state index contributed by atoms with van der Waals surface area (Å²) in [6.45, 7) is 0. The molecule has 7 heteroatoms. The fourth-order valence-electron chi connectivity index (χ4n) is 1.71. The van der Waals surface area contributed by atoms with Crippen LogP contribution in [0.15, 0.2) is 16.7 Å². The molecule has 2 aromatic rings. The lowest BCUT2D eigenvalue weighted by Crippen LogP contribution is -1.98. The first-order chi connectivity index (χ1) is 8.60. The normalized spacial score (nSPS) is 10.4. The quantitative estimate of drug-likeness (QED) is 0.913. The van der Waals surface area contributed by atoms with E-state index in [0.29, 0.717) is 15.8 Å².